The molecule has 2 N–H and O–H groups in total. The summed E-state index contributed by atoms with van der Waals surface area (Å²) in [5.74, 6) is 0. The maximum atomic E-state index is 8.36. The standard InChI is InChI=1S/2C12H27N.C9H21BO3/c2*1-4-7-10-13(11-8-5-2)12-9-6-3;1-2-3-4-5-6-7-8-9-13-10(11)12/h2*4-12H2,1-3H3;11-12H,2-9H2,1H3. The Bertz CT molecular complexity index is 341. The molecule has 0 amide bonds. The molecule has 0 atom stereocenters. The largest absolute Gasteiger partial charge is 0.633 e. The first-order valence-corrected chi connectivity index (χ1v) is 17.4. The Hall–Kier alpha value is -0.135. The van der Waals surface area contributed by atoms with Gasteiger partial charge in [0.2, 0.25) is 0 Å². The summed E-state index contributed by atoms with van der Waals surface area (Å²) < 4.78 is 4.58. The molecule has 0 saturated heterocycles. The molecule has 0 aliphatic heterocycles. The minimum Gasteiger partial charge on any atom is -0.402 e. The third kappa shape index (κ3) is 42.5. The van der Waals surface area contributed by atoms with Crippen molar-refractivity contribution in [1.82, 2.24) is 9.80 Å². The maximum absolute atomic E-state index is 8.36. The first-order valence-electron chi connectivity index (χ1n) is 17.4. The summed E-state index contributed by atoms with van der Waals surface area (Å²) in [6.07, 6.45) is 24.7. The highest BCUT2D eigenvalue weighted by Crippen LogP contribution is 2.07. The van der Waals surface area contributed by atoms with Crippen molar-refractivity contribution in [2.45, 2.75) is 170 Å². The molecule has 0 aromatic rings. The average Bonchev–Trinajstić information content (AvgIpc) is 2.94. The molecule has 0 bridgehead atoms. The van der Waals surface area contributed by atoms with Crippen LogP contribution in [0.1, 0.15) is 170 Å². The van der Waals surface area contributed by atoms with E-state index in [1.807, 2.05) is 0 Å². The predicted molar refractivity (Wildman–Crippen MR) is 176 cm³/mol. The average molecular weight is 559 g/mol. The van der Waals surface area contributed by atoms with E-state index in [9.17, 15) is 0 Å². The van der Waals surface area contributed by atoms with Crippen molar-refractivity contribution in [3.8, 4) is 0 Å². The van der Waals surface area contributed by atoms with Crippen LogP contribution >= 0.6 is 0 Å². The maximum Gasteiger partial charge on any atom is 0.633 e. The van der Waals surface area contributed by atoms with E-state index in [4.69, 9.17) is 10.0 Å². The summed E-state index contributed by atoms with van der Waals surface area (Å²) in [6.45, 7) is 24.2. The fraction of sp³-hybridized carbons (Fsp3) is 1.00. The minimum absolute atomic E-state index is 0.450. The Labute approximate surface area is 248 Å². The second kappa shape index (κ2) is 40.0. The third-order valence-electron chi connectivity index (χ3n) is 6.98. The van der Waals surface area contributed by atoms with Gasteiger partial charge in [0.15, 0.2) is 0 Å². The quantitative estimate of drug-likeness (QED) is 0.0778. The summed E-state index contributed by atoms with van der Waals surface area (Å²) in [5.41, 5.74) is 0. The zero-order valence-electron chi connectivity index (χ0n) is 28.2. The molecule has 39 heavy (non-hydrogen) atoms. The fourth-order valence-corrected chi connectivity index (χ4v) is 4.21. The summed E-state index contributed by atoms with van der Waals surface area (Å²) in [5, 5.41) is 16.7. The van der Waals surface area contributed by atoms with E-state index in [0.717, 1.165) is 12.8 Å². The van der Waals surface area contributed by atoms with Crippen molar-refractivity contribution >= 4 is 7.32 Å². The first-order chi connectivity index (χ1) is 19.0. The predicted octanol–water partition coefficient (Wildman–Crippen LogP) is 9.10. The van der Waals surface area contributed by atoms with Gasteiger partial charge in [-0.25, -0.2) is 0 Å². The second-order valence-corrected chi connectivity index (χ2v) is 11.1. The highest BCUT2D eigenvalue weighted by atomic mass is 16.6. The number of unbranched alkanes of at least 4 members (excludes halogenated alkanes) is 12. The molecule has 0 aliphatic rings. The van der Waals surface area contributed by atoms with Crippen molar-refractivity contribution in [2.24, 2.45) is 0 Å². The van der Waals surface area contributed by atoms with E-state index < -0.39 is 7.32 Å². The van der Waals surface area contributed by atoms with Gasteiger partial charge in [-0.3, -0.25) is 0 Å². The Morgan fingerprint density at radius 3 is 0.897 bits per heavy atom. The molecule has 0 unspecified atom stereocenters. The topological polar surface area (TPSA) is 56.2 Å². The molecule has 0 rings (SSSR count). The van der Waals surface area contributed by atoms with Crippen LogP contribution in [0, 0.1) is 0 Å². The van der Waals surface area contributed by atoms with Gasteiger partial charge < -0.3 is 24.5 Å². The summed E-state index contributed by atoms with van der Waals surface area (Å²) in [6, 6.07) is 0. The Morgan fingerprint density at radius 1 is 0.385 bits per heavy atom. The van der Waals surface area contributed by atoms with Crippen LogP contribution in [0.25, 0.3) is 0 Å². The fourth-order valence-electron chi connectivity index (χ4n) is 4.21. The molecule has 0 saturated carbocycles. The normalized spacial score (nSPS) is 10.8. The van der Waals surface area contributed by atoms with Crippen LogP contribution in [0.5, 0.6) is 0 Å². The number of hydrogen-bond donors (Lipinski definition) is 2. The van der Waals surface area contributed by atoms with E-state index in [1.165, 1.54) is 148 Å². The molecule has 0 aliphatic carbocycles. The Balaban J connectivity index is -0.000000498. The van der Waals surface area contributed by atoms with Crippen LogP contribution in [-0.2, 0) is 4.65 Å². The molecule has 0 fully saturated rings. The lowest BCUT2D eigenvalue weighted by molar-refractivity contribution is 0.182. The van der Waals surface area contributed by atoms with E-state index in [0.29, 0.717) is 6.61 Å². The number of hydrogen-bond acceptors (Lipinski definition) is 5. The molecule has 5 nitrogen and oxygen atoms in total. The molecule has 0 radical (unpaired) electrons. The van der Waals surface area contributed by atoms with Gasteiger partial charge in [-0.05, 0) is 84.2 Å². The smallest absolute Gasteiger partial charge is 0.402 e. The molecule has 0 aromatic carbocycles. The van der Waals surface area contributed by atoms with Crippen LogP contribution < -0.4 is 0 Å². The summed E-state index contributed by atoms with van der Waals surface area (Å²) in [4.78, 5) is 5.27. The van der Waals surface area contributed by atoms with E-state index in [1.54, 1.807) is 0 Å². The monoisotopic (exact) mass is 559 g/mol. The zero-order chi connectivity index (χ0) is 29.8. The van der Waals surface area contributed by atoms with Gasteiger partial charge in [-0.1, -0.05) is 126 Å². The van der Waals surface area contributed by atoms with Crippen LogP contribution in [0.2, 0.25) is 0 Å². The van der Waals surface area contributed by atoms with Crippen molar-refractivity contribution in [2.75, 3.05) is 45.9 Å². The highest BCUT2D eigenvalue weighted by Gasteiger charge is 2.06. The van der Waals surface area contributed by atoms with E-state index in [-0.39, 0.29) is 0 Å². The van der Waals surface area contributed by atoms with Crippen LogP contribution in [-0.4, -0.2) is 73.0 Å². The zero-order valence-corrected chi connectivity index (χ0v) is 28.2. The van der Waals surface area contributed by atoms with Crippen LogP contribution in [0.3, 0.4) is 0 Å². The third-order valence-corrected chi connectivity index (χ3v) is 6.98. The summed E-state index contributed by atoms with van der Waals surface area (Å²) >= 11 is 0. The number of nitrogens with zero attached hydrogens (tertiary/aromatic N) is 2. The van der Waals surface area contributed by atoms with Gasteiger partial charge in [-0.15, -0.1) is 0 Å². The van der Waals surface area contributed by atoms with E-state index in [2.05, 4.69) is 62.9 Å². The lowest BCUT2D eigenvalue weighted by Crippen LogP contribution is -2.27. The lowest BCUT2D eigenvalue weighted by atomic mass is 10.1. The second-order valence-electron chi connectivity index (χ2n) is 11.1. The Kier molecular flexibility index (Phi) is 44.4. The Morgan fingerprint density at radius 2 is 0.641 bits per heavy atom. The molecule has 0 aromatic heterocycles. The van der Waals surface area contributed by atoms with Gasteiger partial charge in [0.1, 0.15) is 0 Å². The van der Waals surface area contributed by atoms with Crippen molar-refractivity contribution < 1.29 is 14.7 Å². The molecule has 0 heterocycles. The van der Waals surface area contributed by atoms with Crippen LogP contribution in [0.4, 0.5) is 0 Å². The lowest BCUT2D eigenvalue weighted by Gasteiger charge is -2.21. The molecule has 0 spiro atoms. The molecular formula is C33H75BN2O3. The molecule has 6 heteroatoms. The van der Waals surface area contributed by atoms with Gasteiger partial charge >= 0.3 is 7.32 Å². The highest BCUT2D eigenvalue weighted by molar-refractivity contribution is 6.32. The molecular weight excluding hydrogens is 483 g/mol. The molecule has 238 valence electrons. The van der Waals surface area contributed by atoms with Crippen molar-refractivity contribution in [3.05, 3.63) is 0 Å². The van der Waals surface area contributed by atoms with Gasteiger partial charge in [0, 0.05) is 6.61 Å². The van der Waals surface area contributed by atoms with Gasteiger partial charge in [0.05, 0.1) is 0 Å². The van der Waals surface area contributed by atoms with Crippen molar-refractivity contribution in [3.63, 3.8) is 0 Å². The van der Waals surface area contributed by atoms with Gasteiger partial charge in [0.25, 0.3) is 0 Å². The van der Waals surface area contributed by atoms with Crippen molar-refractivity contribution in [1.29, 1.82) is 0 Å². The first kappa shape index (κ1) is 43.3. The van der Waals surface area contributed by atoms with Gasteiger partial charge in [-0.2, -0.15) is 0 Å². The minimum atomic E-state index is -1.60. The summed E-state index contributed by atoms with van der Waals surface area (Å²) in [7, 11) is -1.60. The van der Waals surface area contributed by atoms with E-state index >= 15 is 0 Å². The van der Waals surface area contributed by atoms with Crippen LogP contribution in [0.15, 0.2) is 0 Å². The number of rotatable bonds is 27. The SMILES string of the molecule is CCCCCCCCCOB(O)O.CCCCN(CCCC)CCCC.CCCCN(CCCC)CCCC.